The fourth-order valence-corrected chi connectivity index (χ4v) is 2.70. The molecule has 1 saturated heterocycles. The molecular weight excluding hydrogens is 227 g/mol. The standard InChI is InChI=1S/C15H23FN2/c1-4-12-5-6-18(9-12)15-7-10(2)14(16)8-13(15)11(3)17/h7-8,11-12H,4-6,9,17H2,1-3H3/t11-,12?/m0/s1. The van der Waals surface area contributed by atoms with Crippen LogP contribution in [0, 0.1) is 18.7 Å². The Hall–Kier alpha value is -1.09. The van der Waals surface area contributed by atoms with E-state index in [0.717, 1.165) is 30.3 Å². The SMILES string of the molecule is CCC1CCN(c2cc(C)c(F)cc2[C@H](C)N)C1. The zero-order valence-electron chi connectivity index (χ0n) is 11.5. The van der Waals surface area contributed by atoms with Crippen molar-refractivity contribution in [2.24, 2.45) is 11.7 Å². The molecule has 2 rings (SSSR count). The highest BCUT2D eigenvalue weighted by atomic mass is 19.1. The second-order valence-corrected chi connectivity index (χ2v) is 5.46. The molecule has 0 saturated carbocycles. The average molecular weight is 250 g/mol. The summed E-state index contributed by atoms with van der Waals surface area (Å²) in [6.45, 7) is 8.10. The third kappa shape index (κ3) is 2.51. The van der Waals surface area contributed by atoms with Crippen molar-refractivity contribution in [3.05, 3.63) is 29.1 Å². The summed E-state index contributed by atoms with van der Waals surface area (Å²) in [6.07, 6.45) is 2.44. The maximum atomic E-state index is 13.7. The molecule has 0 aliphatic carbocycles. The van der Waals surface area contributed by atoms with Gasteiger partial charge in [0, 0.05) is 24.8 Å². The third-order valence-electron chi connectivity index (χ3n) is 4.00. The minimum Gasteiger partial charge on any atom is -0.371 e. The Morgan fingerprint density at radius 1 is 1.50 bits per heavy atom. The number of aryl methyl sites for hydroxylation is 1. The van der Waals surface area contributed by atoms with Gasteiger partial charge in [0.05, 0.1) is 0 Å². The summed E-state index contributed by atoms with van der Waals surface area (Å²) in [6, 6.07) is 3.43. The molecule has 1 fully saturated rings. The first-order chi connectivity index (χ1) is 8.52. The van der Waals surface area contributed by atoms with Crippen LogP contribution in [0.1, 0.15) is 43.9 Å². The van der Waals surface area contributed by atoms with E-state index < -0.39 is 0 Å². The van der Waals surface area contributed by atoms with Gasteiger partial charge < -0.3 is 10.6 Å². The molecule has 100 valence electrons. The van der Waals surface area contributed by atoms with Gasteiger partial charge in [0.15, 0.2) is 0 Å². The fraction of sp³-hybridized carbons (Fsp3) is 0.600. The van der Waals surface area contributed by atoms with E-state index in [1.54, 1.807) is 6.07 Å². The van der Waals surface area contributed by atoms with Crippen LogP contribution in [0.4, 0.5) is 10.1 Å². The highest BCUT2D eigenvalue weighted by Crippen LogP contribution is 2.32. The van der Waals surface area contributed by atoms with E-state index in [9.17, 15) is 4.39 Å². The first-order valence-corrected chi connectivity index (χ1v) is 6.83. The number of halogens is 1. The molecule has 3 heteroatoms. The number of nitrogens with two attached hydrogens (primary N) is 1. The fourth-order valence-electron chi connectivity index (χ4n) is 2.70. The van der Waals surface area contributed by atoms with Gasteiger partial charge in [-0.2, -0.15) is 0 Å². The van der Waals surface area contributed by atoms with Crippen LogP contribution in [0.2, 0.25) is 0 Å². The van der Waals surface area contributed by atoms with Crippen molar-refractivity contribution < 1.29 is 4.39 Å². The normalized spacial score (nSPS) is 21.4. The van der Waals surface area contributed by atoms with Gasteiger partial charge in [-0.1, -0.05) is 13.3 Å². The number of hydrogen-bond donors (Lipinski definition) is 1. The lowest BCUT2D eigenvalue weighted by atomic mass is 10.0. The van der Waals surface area contributed by atoms with E-state index in [0.29, 0.717) is 5.56 Å². The quantitative estimate of drug-likeness (QED) is 0.891. The summed E-state index contributed by atoms with van der Waals surface area (Å²) in [4.78, 5) is 2.36. The Bertz CT molecular complexity index is 429. The van der Waals surface area contributed by atoms with Crippen molar-refractivity contribution >= 4 is 5.69 Å². The summed E-state index contributed by atoms with van der Waals surface area (Å²) in [5.74, 6) is 0.605. The van der Waals surface area contributed by atoms with Gasteiger partial charge in [-0.15, -0.1) is 0 Å². The molecule has 2 atom stereocenters. The highest BCUT2D eigenvalue weighted by Gasteiger charge is 2.24. The van der Waals surface area contributed by atoms with Crippen LogP contribution in [-0.2, 0) is 0 Å². The molecule has 1 aliphatic heterocycles. The van der Waals surface area contributed by atoms with Crippen molar-refractivity contribution in [2.75, 3.05) is 18.0 Å². The molecule has 0 radical (unpaired) electrons. The lowest BCUT2D eigenvalue weighted by Crippen LogP contribution is -2.23. The van der Waals surface area contributed by atoms with Crippen LogP contribution in [0.15, 0.2) is 12.1 Å². The molecule has 0 spiro atoms. The summed E-state index contributed by atoms with van der Waals surface area (Å²) in [5, 5.41) is 0. The number of benzene rings is 1. The number of anilines is 1. The summed E-state index contributed by atoms with van der Waals surface area (Å²) >= 11 is 0. The van der Waals surface area contributed by atoms with Crippen LogP contribution >= 0.6 is 0 Å². The molecular formula is C15H23FN2. The van der Waals surface area contributed by atoms with Gasteiger partial charge >= 0.3 is 0 Å². The van der Waals surface area contributed by atoms with E-state index in [4.69, 9.17) is 5.73 Å². The van der Waals surface area contributed by atoms with Crippen molar-refractivity contribution in [2.45, 2.75) is 39.7 Å². The molecule has 1 aliphatic rings. The van der Waals surface area contributed by atoms with Crippen LogP contribution in [0.5, 0.6) is 0 Å². The lowest BCUT2D eigenvalue weighted by molar-refractivity contribution is 0.568. The topological polar surface area (TPSA) is 29.3 Å². The highest BCUT2D eigenvalue weighted by molar-refractivity contribution is 5.57. The summed E-state index contributed by atoms with van der Waals surface area (Å²) in [7, 11) is 0. The van der Waals surface area contributed by atoms with E-state index in [1.807, 2.05) is 19.9 Å². The second kappa shape index (κ2) is 5.27. The smallest absolute Gasteiger partial charge is 0.126 e. The van der Waals surface area contributed by atoms with Crippen molar-refractivity contribution in [1.29, 1.82) is 0 Å². The molecule has 1 aromatic carbocycles. The first-order valence-electron chi connectivity index (χ1n) is 6.83. The second-order valence-electron chi connectivity index (χ2n) is 5.46. The minimum absolute atomic E-state index is 0.129. The van der Waals surface area contributed by atoms with Crippen LogP contribution in [-0.4, -0.2) is 13.1 Å². The summed E-state index contributed by atoms with van der Waals surface area (Å²) < 4.78 is 13.7. The lowest BCUT2D eigenvalue weighted by Gasteiger charge is -2.24. The first kappa shape index (κ1) is 13.3. The maximum Gasteiger partial charge on any atom is 0.126 e. The predicted molar refractivity (Wildman–Crippen MR) is 74.4 cm³/mol. The molecule has 18 heavy (non-hydrogen) atoms. The molecule has 1 heterocycles. The zero-order chi connectivity index (χ0) is 13.3. The molecule has 1 aromatic rings. The van der Waals surface area contributed by atoms with E-state index in [2.05, 4.69) is 11.8 Å². The Morgan fingerprint density at radius 3 is 2.78 bits per heavy atom. The van der Waals surface area contributed by atoms with Crippen molar-refractivity contribution in [3.63, 3.8) is 0 Å². The Morgan fingerprint density at radius 2 is 2.22 bits per heavy atom. The molecule has 0 aromatic heterocycles. The van der Waals surface area contributed by atoms with E-state index in [-0.39, 0.29) is 11.9 Å². The van der Waals surface area contributed by atoms with Gasteiger partial charge in [-0.05, 0) is 49.4 Å². The Balaban J connectivity index is 2.34. The molecule has 2 nitrogen and oxygen atoms in total. The van der Waals surface area contributed by atoms with Crippen molar-refractivity contribution in [3.8, 4) is 0 Å². The van der Waals surface area contributed by atoms with Crippen molar-refractivity contribution in [1.82, 2.24) is 0 Å². The summed E-state index contributed by atoms with van der Waals surface area (Å²) in [5.41, 5.74) is 8.73. The Labute approximate surface area is 109 Å². The Kier molecular flexibility index (Phi) is 3.91. The minimum atomic E-state index is -0.155. The molecule has 2 N–H and O–H groups in total. The molecule has 0 bridgehead atoms. The van der Waals surface area contributed by atoms with Gasteiger partial charge in [-0.25, -0.2) is 4.39 Å². The number of nitrogens with zero attached hydrogens (tertiary/aromatic N) is 1. The van der Waals surface area contributed by atoms with Crippen LogP contribution in [0.3, 0.4) is 0 Å². The largest absolute Gasteiger partial charge is 0.371 e. The van der Waals surface area contributed by atoms with Crippen LogP contribution in [0.25, 0.3) is 0 Å². The molecule has 0 amide bonds. The van der Waals surface area contributed by atoms with Gasteiger partial charge in [0.2, 0.25) is 0 Å². The average Bonchev–Trinajstić information content (AvgIpc) is 2.80. The number of hydrogen-bond acceptors (Lipinski definition) is 2. The van der Waals surface area contributed by atoms with Gasteiger partial charge in [0.25, 0.3) is 0 Å². The predicted octanol–water partition coefficient (Wildman–Crippen LogP) is 3.39. The van der Waals surface area contributed by atoms with E-state index >= 15 is 0 Å². The van der Waals surface area contributed by atoms with Gasteiger partial charge in [0.1, 0.15) is 5.82 Å². The monoisotopic (exact) mass is 250 g/mol. The zero-order valence-corrected chi connectivity index (χ0v) is 11.5. The van der Waals surface area contributed by atoms with Crippen LogP contribution < -0.4 is 10.6 Å². The third-order valence-corrected chi connectivity index (χ3v) is 4.00. The maximum absolute atomic E-state index is 13.7. The van der Waals surface area contributed by atoms with Gasteiger partial charge in [-0.3, -0.25) is 0 Å². The number of rotatable bonds is 3. The molecule has 1 unspecified atom stereocenters. The van der Waals surface area contributed by atoms with E-state index in [1.165, 1.54) is 12.8 Å².